The van der Waals surface area contributed by atoms with E-state index in [0.29, 0.717) is 6.42 Å². The van der Waals surface area contributed by atoms with Crippen molar-refractivity contribution in [2.75, 3.05) is 7.05 Å². The minimum atomic E-state index is -0.315. The lowest BCUT2D eigenvalue weighted by atomic mass is 9.74. The van der Waals surface area contributed by atoms with Crippen molar-refractivity contribution >= 4 is 5.91 Å². The summed E-state index contributed by atoms with van der Waals surface area (Å²) in [6.45, 7) is 0. The molecule has 0 spiro atoms. The Balaban J connectivity index is 1.74. The number of benzene rings is 2. The number of hydrogen-bond acceptors (Lipinski definition) is 1. The van der Waals surface area contributed by atoms with Crippen molar-refractivity contribution in [3.8, 4) is 11.1 Å². The number of carbonyl (C=O) groups excluding carboxylic acids is 1. The molecule has 0 aromatic heterocycles. The number of carbonyl (C=O) groups is 1. The molecule has 2 aromatic carbocycles. The lowest BCUT2D eigenvalue weighted by Crippen LogP contribution is -2.47. The van der Waals surface area contributed by atoms with E-state index in [-0.39, 0.29) is 24.3 Å². The molecule has 1 fully saturated rings. The first-order valence-corrected chi connectivity index (χ1v) is 8.01. The molecule has 1 aliphatic carbocycles. The van der Waals surface area contributed by atoms with Crippen molar-refractivity contribution in [1.29, 1.82) is 0 Å². The number of rotatable bonds is 1. The lowest BCUT2D eigenvalue weighted by Gasteiger charge is -2.43. The summed E-state index contributed by atoms with van der Waals surface area (Å²) in [4.78, 5) is 13.9. The van der Waals surface area contributed by atoms with Crippen LogP contribution in [-0.4, -0.2) is 23.9 Å². The van der Waals surface area contributed by atoms with Gasteiger partial charge in [0.2, 0.25) is 5.91 Å². The van der Waals surface area contributed by atoms with E-state index in [1.165, 1.54) is 22.3 Å². The highest BCUT2D eigenvalue weighted by atomic mass is 16.2. The van der Waals surface area contributed by atoms with Gasteiger partial charge in [-0.3, -0.25) is 4.79 Å². The van der Waals surface area contributed by atoms with Gasteiger partial charge < -0.3 is 4.90 Å². The van der Waals surface area contributed by atoms with Crippen LogP contribution in [0.5, 0.6) is 0 Å². The molecule has 1 aliphatic heterocycles. The van der Waals surface area contributed by atoms with Gasteiger partial charge in [0.15, 0.2) is 0 Å². The van der Waals surface area contributed by atoms with Gasteiger partial charge in [0, 0.05) is 26.8 Å². The van der Waals surface area contributed by atoms with Gasteiger partial charge in [0.25, 0.3) is 0 Å². The molecule has 22 heavy (non-hydrogen) atoms. The summed E-state index contributed by atoms with van der Waals surface area (Å²) in [7, 11) is 1.90. The summed E-state index contributed by atoms with van der Waals surface area (Å²) in [6, 6.07) is 17.3. The quantitative estimate of drug-likeness (QED) is 0.778. The molecule has 2 nitrogen and oxygen atoms in total. The monoisotopic (exact) mass is 292 g/mol. The predicted molar refractivity (Wildman–Crippen MR) is 88.7 cm³/mol. The minimum Gasteiger partial charge on any atom is -0.342 e. The highest BCUT2D eigenvalue weighted by molar-refractivity contribution is 5.77. The Morgan fingerprint density at radius 1 is 1.09 bits per heavy atom. The van der Waals surface area contributed by atoms with Gasteiger partial charge in [-0.25, -0.2) is 0 Å². The van der Waals surface area contributed by atoms with Gasteiger partial charge in [0.05, 0.1) is 0 Å². The zero-order valence-electron chi connectivity index (χ0n) is 13.8. The molecule has 2 aliphatic rings. The predicted octanol–water partition coefficient (Wildman–Crippen LogP) is 4.00. The van der Waals surface area contributed by atoms with Gasteiger partial charge in [-0.15, -0.1) is 0 Å². The number of hydrogen-bond donors (Lipinski definition) is 0. The second-order valence-corrected chi connectivity index (χ2v) is 6.36. The topological polar surface area (TPSA) is 20.3 Å². The van der Waals surface area contributed by atoms with E-state index in [1.54, 1.807) is 0 Å². The normalized spacial score (nSPS) is 27.9. The Labute approximate surface area is 133 Å². The summed E-state index contributed by atoms with van der Waals surface area (Å²) in [5.74, 6) is 0.280. The number of nitrogens with zero attached hydrogens (tertiary/aromatic N) is 1. The van der Waals surface area contributed by atoms with E-state index in [2.05, 4.69) is 42.5 Å². The first-order chi connectivity index (χ1) is 11.1. The van der Waals surface area contributed by atoms with Crippen LogP contribution in [0.15, 0.2) is 48.5 Å². The fourth-order valence-corrected chi connectivity index (χ4v) is 3.92. The van der Waals surface area contributed by atoms with Gasteiger partial charge in [0.1, 0.15) is 0 Å². The molecular formula is C20H21NO. The average Bonchev–Trinajstić information content (AvgIpc) is 2.59. The van der Waals surface area contributed by atoms with Gasteiger partial charge >= 0.3 is 0 Å². The third-order valence-electron chi connectivity index (χ3n) is 5.17. The molecular weight excluding hydrogens is 270 g/mol. The van der Waals surface area contributed by atoms with Crippen LogP contribution < -0.4 is 0 Å². The molecule has 2 aromatic rings. The third-order valence-corrected chi connectivity index (χ3v) is 5.17. The van der Waals surface area contributed by atoms with Crippen molar-refractivity contribution in [3.63, 3.8) is 0 Å². The SMILES string of the molecule is [2H]C1CC(=O)N(C)C2CCc3cc(-c4ccccc4)ccc3C12. The number of likely N-dealkylation sites (tertiary alicyclic amines) is 1. The second-order valence-electron chi connectivity index (χ2n) is 6.36. The van der Waals surface area contributed by atoms with Crippen molar-refractivity contribution in [3.05, 3.63) is 59.7 Å². The maximum Gasteiger partial charge on any atom is 0.222 e. The minimum absolute atomic E-state index is 0.121. The molecule has 112 valence electrons. The third kappa shape index (κ3) is 2.14. The van der Waals surface area contributed by atoms with Crippen molar-refractivity contribution < 1.29 is 6.17 Å². The highest BCUT2D eigenvalue weighted by Crippen LogP contribution is 2.41. The number of amides is 1. The first kappa shape index (κ1) is 12.5. The molecule has 4 rings (SSSR count). The highest BCUT2D eigenvalue weighted by Gasteiger charge is 2.37. The van der Waals surface area contributed by atoms with Crippen LogP contribution in [0.1, 0.15) is 37.7 Å². The Morgan fingerprint density at radius 3 is 2.73 bits per heavy atom. The van der Waals surface area contributed by atoms with Crippen molar-refractivity contribution in [1.82, 2.24) is 4.90 Å². The van der Waals surface area contributed by atoms with Crippen molar-refractivity contribution in [2.45, 2.75) is 37.6 Å². The van der Waals surface area contributed by atoms with Crippen LogP contribution in [-0.2, 0) is 11.2 Å². The van der Waals surface area contributed by atoms with E-state index in [4.69, 9.17) is 1.37 Å². The fourth-order valence-electron chi connectivity index (χ4n) is 3.92. The molecule has 1 amide bonds. The van der Waals surface area contributed by atoms with Gasteiger partial charge in [-0.1, -0.05) is 48.5 Å². The maximum atomic E-state index is 12.0. The molecule has 0 radical (unpaired) electrons. The zero-order valence-corrected chi connectivity index (χ0v) is 12.8. The van der Waals surface area contributed by atoms with Crippen molar-refractivity contribution in [2.24, 2.45) is 0 Å². The molecule has 1 heterocycles. The summed E-state index contributed by atoms with van der Waals surface area (Å²) >= 11 is 0. The van der Waals surface area contributed by atoms with Gasteiger partial charge in [-0.05, 0) is 41.5 Å². The average molecular weight is 292 g/mol. The van der Waals surface area contributed by atoms with E-state index < -0.39 is 0 Å². The Kier molecular flexibility index (Phi) is 2.99. The molecule has 3 unspecified atom stereocenters. The standard InChI is InChI=1S/C20H21NO/c1-21-19-11-8-16-13-15(14-5-3-2-4-6-14)7-9-17(16)18(19)10-12-20(21)22/h2-7,9,13,18-19H,8,10-12H2,1H3/i10D. The van der Waals surface area contributed by atoms with Crippen LogP contribution in [0, 0.1) is 0 Å². The first-order valence-electron chi connectivity index (χ1n) is 8.59. The smallest absolute Gasteiger partial charge is 0.222 e. The van der Waals surface area contributed by atoms with E-state index in [0.717, 1.165) is 12.8 Å². The summed E-state index contributed by atoms with van der Waals surface area (Å²) in [5.41, 5.74) is 5.10. The molecule has 2 heteroatoms. The summed E-state index contributed by atoms with van der Waals surface area (Å²) < 4.78 is 8.42. The van der Waals surface area contributed by atoms with Crippen LogP contribution in [0.2, 0.25) is 0 Å². The maximum absolute atomic E-state index is 12.0. The van der Waals surface area contributed by atoms with Crippen LogP contribution in [0.25, 0.3) is 11.1 Å². The lowest BCUT2D eigenvalue weighted by molar-refractivity contribution is -0.135. The Morgan fingerprint density at radius 2 is 1.91 bits per heavy atom. The fraction of sp³-hybridized carbons (Fsp3) is 0.350. The Bertz CT molecular complexity index is 743. The van der Waals surface area contributed by atoms with E-state index in [9.17, 15) is 4.79 Å². The molecule has 0 saturated carbocycles. The largest absolute Gasteiger partial charge is 0.342 e. The van der Waals surface area contributed by atoms with Gasteiger partial charge in [-0.2, -0.15) is 0 Å². The molecule has 0 N–H and O–H groups in total. The molecule has 0 bridgehead atoms. The van der Waals surface area contributed by atoms with Crippen LogP contribution in [0.3, 0.4) is 0 Å². The Hall–Kier alpha value is -2.09. The number of fused-ring (bicyclic) bond motifs is 3. The second kappa shape index (κ2) is 5.28. The van der Waals surface area contributed by atoms with Crippen LogP contribution in [0.4, 0.5) is 0 Å². The summed E-state index contributed by atoms with van der Waals surface area (Å²) in [6.07, 6.45) is 1.98. The van der Waals surface area contributed by atoms with E-state index in [1.807, 2.05) is 18.0 Å². The number of aryl methyl sites for hydroxylation is 1. The molecule has 3 atom stereocenters. The summed E-state index contributed by atoms with van der Waals surface area (Å²) in [5, 5.41) is 0. The number of likely N-dealkylation sites (N-methyl/N-ethyl adjacent to an activating group) is 1. The van der Waals surface area contributed by atoms with E-state index >= 15 is 0 Å². The zero-order chi connectivity index (χ0) is 16.0. The molecule has 1 saturated heterocycles. The number of piperidine rings is 1. The van der Waals surface area contributed by atoms with Crippen LogP contribution >= 0.6 is 0 Å².